The first-order valence-electron chi connectivity index (χ1n) is 14.3. The highest BCUT2D eigenvalue weighted by Crippen LogP contribution is 2.46. The summed E-state index contributed by atoms with van der Waals surface area (Å²) in [5, 5.41) is 25.7. The van der Waals surface area contributed by atoms with Crippen molar-refractivity contribution in [2.24, 2.45) is 5.92 Å². The first-order chi connectivity index (χ1) is 19.1. The Kier molecular flexibility index (Phi) is 5.61. The second-order valence-corrected chi connectivity index (χ2v) is 12.0. The maximum atomic E-state index is 15.1. The Bertz CT molecular complexity index is 1710. The van der Waals surface area contributed by atoms with Crippen LogP contribution in [0.5, 0.6) is 0 Å². The van der Waals surface area contributed by atoms with Crippen molar-refractivity contribution in [3.05, 3.63) is 61.7 Å². The minimum absolute atomic E-state index is 0.103. The third-order valence-electron chi connectivity index (χ3n) is 9.63. The molecule has 3 N–H and O–H groups in total. The van der Waals surface area contributed by atoms with E-state index in [9.17, 15) is 24.6 Å². The van der Waals surface area contributed by atoms with Crippen molar-refractivity contribution >= 4 is 22.6 Å². The zero-order valence-corrected chi connectivity index (χ0v) is 22.6. The van der Waals surface area contributed by atoms with E-state index in [0.29, 0.717) is 58.8 Å². The quantitative estimate of drug-likeness (QED) is 0.354. The number of carbonyl (C=O) groups excluding carboxylic acids is 2. The number of ketones is 1. The van der Waals surface area contributed by atoms with Crippen molar-refractivity contribution in [3.63, 3.8) is 0 Å². The van der Waals surface area contributed by atoms with Crippen LogP contribution in [0.3, 0.4) is 0 Å². The van der Waals surface area contributed by atoms with Gasteiger partial charge >= 0.3 is 0 Å². The second-order valence-electron chi connectivity index (χ2n) is 12.0. The number of nitrogens with zero attached hydrogens (tertiary/aromatic N) is 2. The van der Waals surface area contributed by atoms with Gasteiger partial charge in [0, 0.05) is 34.6 Å². The van der Waals surface area contributed by atoms with Gasteiger partial charge in [-0.2, -0.15) is 0 Å². The van der Waals surface area contributed by atoms with Gasteiger partial charge in [0.2, 0.25) is 5.91 Å². The van der Waals surface area contributed by atoms with E-state index in [1.54, 1.807) is 24.5 Å². The molecule has 3 aromatic rings. The molecule has 1 fully saturated rings. The van der Waals surface area contributed by atoms with Crippen molar-refractivity contribution in [2.45, 2.75) is 89.5 Å². The van der Waals surface area contributed by atoms with E-state index < -0.39 is 23.7 Å². The maximum absolute atomic E-state index is 15.1. The SMILES string of the molecule is CC[C@@]1(O)C(=O)CCc2c1cc1n(c2=O)Cc2c-1nc1cc(F)c(C)c3c1c2C(NC(=O)C(O)CC1CC1)CC3. The van der Waals surface area contributed by atoms with Gasteiger partial charge in [-0.3, -0.25) is 14.4 Å². The maximum Gasteiger partial charge on any atom is 0.254 e. The van der Waals surface area contributed by atoms with Crippen molar-refractivity contribution in [3.8, 4) is 11.4 Å². The molecule has 1 aromatic carbocycles. The number of aliphatic hydroxyl groups is 2. The molecule has 3 atom stereocenters. The minimum atomic E-state index is -1.74. The molecule has 8 nitrogen and oxygen atoms in total. The average Bonchev–Trinajstić information content (AvgIpc) is 3.68. The summed E-state index contributed by atoms with van der Waals surface area (Å²) in [7, 11) is 0. The van der Waals surface area contributed by atoms with Crippen LogP contribution in [-0.4, -0.2) is 37.6 Å². The molecule has 0 spiro atoms. The lowest BCUT2D eigenvalue weighted by Gasteiger charge is -2.32. The van der Waals surface area contributed by atoms with Crippen molar-refractivity contribution in [1.29, 1.82) is 0 Å². The molecule has 1 saturated carbocycles. The number of aliphatic hydroxyl groups excluding tert-OH is 1. The van der Waals surface area contributed by atoms with Gasteiger partial charge < -0.3 is 20.1 Å². The number of benzene rings is 1. The third-order valence-corrected chi connectivity index (χ3v) is 9.63. The average molecular weight is 546 g/mol. The molecule has 208 valence electrons. The van der Waals surface area contributed by atoms with E-state index >= 15 is 4.39 Å². The lowest BCUT2D eigenvalue weighted by atomic mass is 9.77. The molecule has 3 aliphatic carbocycles. The first-order valence-corrected chi connectivity index (χ1v) is 14.3. The molecule has 0 saturated heterocycles. The number of Topliss-reactive ketones (excluding diaryl/α,β-unsaturated/α-hetero) is 1. The second kappa shape index (κ2) is 8.78. The lowest BCUT2D eigenvalue weighted by molar-refractivity contribution is -0.140. The van der Waals surface area contributed by atoms with E-state index in [0.717, 1.165) is 34.9 Å². The number of pyridine rings is 2. The molecule has 0 bridgehead atoms. The fourth-order valence-electron chi connectivity index (χ4n) is 7.13. The molecule has 40 heavy (non-hydrogen) atoms. The fourth-order valence-corrected chi connectivity index (χ4v) is 7.13. The Morgan fingerprint density at radius 1 is 1.18 bits per heavy atom. The standard InChI is InChI=1S/C31H32FN3O5/c1-3-31(40)19-11-23-28-18(13-35(23)30(39)17(19)7-9-25(31)37)27-21(34-29(38)24(36)10-15-4-5-15)8-6-16-14(2)20(32)12-22(33-28)26(16)27/h11-12,15,21,24,36,40H,3-10,13H2,1-2H3,(H,34,38)/t21?,24?,31-/m0/s1. The molecule has 0 radical (unpaired) electrons. The molecule has 7 rings (SSSR count). The number of fused-ring (bicyclic) bond motifs is 5. The van der Waals surface area contributed by atoms with Gasteiger partial charge in [-0.05, 0) is 67.7 Å². The summed E-state index contributed by atoms with van der Waals surface area (Å²) in [6.45, 7) is 3.69. The number of hydrogen-bond donors (Lipinski definition) is 3. The number of rotatable bonds is 5. The van der Waals surface area contributed by atoms with E-state index in [1.165, 1.54) is 6.07 Å². The summed E-state index contributed by atoms with van der Waals surface area (Å²) in [5.41, 5.74) is 3.14. The largest absolute Gasteiger partial charge is 0.383 e. The number of halogens is 1. The molecule has 9 heteroatoms. The van der Waals surface area contributed by atoms with Crippen LogP contribution < -0.4 is 10.9 Å². The number of amides is 1. The molecule has 4 aliphatic rings. The Balaban J connectivity index is 1.42. The lowest BCUT2D eigenvalue weighted by Crippen LogP contribution is -2.43. The summed E-state index contributed by atoms with van der Waals surface area (Å²) in [5.74, 6) is -0.708. The predicted octanol–water partition coefficient (Wildman–Crippen LogP) is 3.25. The Morgan fingerprint density at radius 2 is 1.95 bits per heavy atom. The number of nitrogens with one attached hydrogen (secondary N) is 1. The van der Waals surface area contributed by atoms with Gasteiger partial charge in [0.05, 0.1) is 29.5 Å². The first kappa shape index (κ1) is 25.5. The van der Waals surface area contributed by atoms with Crippen LogP contribution in [0.25, 0.3) is 22.3 Å². The van der Waals surface area contributed by atoms with Crippen LogP contribution in [0.4, 0.5) is 4.39 Å². The summed E-state index contributed by atoms with van der Waals surface area (Å²) >= 11 is 0. The van der Waals surface area contributed by atoms with Gasteiger partial charge in [0.15, 0.2) is 5.78 Å². The molecule has 1 amide bonds. The molecular formula is C31H32FN3O5. The minimum Gasteiger partial charge on any atom is -0.383 e. The van der Waals surface area contributed by atoms with Crippen molar-refractivity contribution in [2.75, 3.05) is 0 Å². The van der Waals surface area contributed by atoms with Crippen LogP contribution in [0.1, 0.15) is 84.9 Å². The Morgan fingerprint density at radius 3 is 2.67 bits per heavy atom. The summed E-state index contributed by atoms with van der Waals surface area (Å²) < 4.78 is 16.7. The highest BCUT2D eigenvalue weighted by Gasteiger charge is 2.44. The topological polar surface area (TPSA) is 122 Å². The van der Waals surface area contributed by atoms with Crippen molar-refractivity contribution in [1.82, 2.24) is 14.9 Å². The fraction of sp³-hybridized carbons (Fsp3) is 0.484. The smallest absolute Gasteiger partial charge is 0.254 e. The molecule has 1 aliphatic heterocycles. The van der Waals surface area contributed by atoms with Gasteiger partial charge in [-0.1, -0.05) is 19.8 Å². The number of aryl methyl sites for hydroxylation is 1. The summed E-state index contributed by atoms with van der Waals surface area (Å²) in [6, 6.07) is 2.66. The number of hydrogen-bond acceptors (Lipinski definition) is 6. The summed E-state index contributed by atoms with van der Waals surface area (Å²) in [4.78, 5) is 44.4. The van der Waals surface area contributed by atoms with Crippen LogP contribution in [0.2, 0.25) is 0 Å². The van der Waals surface area contributed by atoms with Crippen molar-refractivity contribution < 1.29 is 24.2 Å². The Labute approximate surface area is 230 Å². The zero-order chi connectivity index (χ0) is 28.1. The molecule has 2 aromatic heterocycles. The Hall–Kier alpha value is -3.43. The molecule has 3 heterocycles. The highest BCUT2D eigenvalue weighted by molar-refractivity contribution is 5.94. The van der Waals surface area contributed by atoms with Crippen LogP contribution in [0, 0.1) is 18.7 Å². The normalized spacial score (nSPS) is 23.5. The zero-order valence-electron chi connectivity index (χ0n) is 22.6. The van der Waals surface area contributed by atoms with Crippen LogP contribution in [0.15, 0.2) is 16.9 Å². The van der Waals surface area contributed by atoms with Gasteiger partial charge in [-0.25, -0.2) is 9.37 Å². The van der Waals surface area contributed by atoms with Gasteiger partial charge in [0.25, 0.3) is 5.56 Å². The van der Waals surface area contributed by atoms with E-state index in [2.05, 4.69) is 5.32 Å². The monoisotopic (exact) mass is 545 g/mol. The van der Waals surface area contributed by atoms with Crippen LogP contribution >= 0.6 is 0 Å². The summed E-state index contributed by atoms with van der Waals surface area (Å²) in [6.07, 6.45) is 2.99. The number of carbonyl (C=O) groups is 2. The van der Waals surface area contributed by atoms with E-state index in [4.69, 9.17) is 4.98 Å². The third kappa shape index (κ3) is 3.56. The van der Waals surface area contributed by atoms with E-state index in [-0.39, 0.29) is 43.0 Å². The van der Waals surface area contributed by atoms with Gasteiger partial charge in [-0.15, -0.1) is 0 Å². The number of aromatic nitrogens is 2. The molecule has 2 unspecified atom stereocenters. The van der Waals surface area contributed by atoms with E-state index in [1.807, 2.05) is 0 Å². The highest BCUT2D eigenvalue weighted by atomic mass is 19.1. The van der Waals surface area contributed by atoms with Crippen LogP contribution in [-0.2, 0) is 34.6 Å². The van der Waals surface area contributed by atoms with Gasteiger partial charge in [0.1, 0.15) is 17.5 Å². The predicted molar refractivity (Wildman–Crippen MR) is 145 cm³/mol. The molecular weight excluding hydrogens is 513 g/mol.